The average Bonchev–Trinajstić information content (AvgIpc) is 2.08. The molecule has 2 unspecified atom stereocenters. The van der Waals surface area contributed by atoms with E-state index in [4.69, 9.17) is 0 Å². The molecule has 0 saturated heterocycles. The third-order valence-corrected chi connectivity index (χ3v) is 3.62. The van der Waals surface area contributed by atoms with Crippen molar-refractivity contribution in [1.29, 1.82) is 0 Å². The maximum absolute atomic E-state index is 4.54. The van der Waals surface area contributed by atoms with Crippen molar-refractivity contribution in [2.45, 2.75) is 38.4 Å². The minimum atomic E-state index is 0.449. The predicted molar refractivity (Wildman–Crippen MR) is 72.6 cm³/mol. The van der Waals surface area contributed by atoms with Gasteiger partial charge < -0.3 is 0 Å². The van der Waals surface area contributed by atoms with Crippen LogP contribution in [0.15, 0.2) is 16.7 Å². The molecule has 1 rings (SSSR count). The van der Waals surface area contributed by atoms with Crippen molar-refractivity contribution in [3.63, 3.8) is 0 Å². The van der Waals surface area contributed by atoms with E-state index >= 15 is 0 Å². The Balaban J connectivity index is 3.12. The average molecular weight is 335 g/mol. The van der Waals surface area contributed by atoms with E-state index in [1.807, 2.05) is 6.20 Å². The first-order valence-corrected chi connectivity index (χ1v) is 6.90. The molecule has 0 bridgehead atoms. The lowest BCUT2D eigenvalue weighted by molar-refractivity contribution is 0.485. The van der Waals surface area contributed by atoms with Gasteiger partial charge in [0.15, 0.2) is 0 Å². The van der Waals surface area contributed by atoms with Crippen molar-refractivity contribution in [3.05, 3.63) is 28.0 Å². The number of halogens is 2. The highest BCUT2D eigenvalue weighted by atomic mass is 79.9. The smallest absolute Gasteiger partial charge is 0.0478 e. The highest BCUT2D eigenvalue weighted by Crippen LogP contribution is 2.33. The Labute approximate surface area is 109 Å². The van der Waals surface area contributed by atoms with E-state index < -0.39 is 0 Å². The van der Waals surface area contributed by atoms with Crippen molar-refractivity contribution in [1.82, 2.24) is 4.98 Å². The number of hydrogen-bond acceptors (Lipinski definition) is 1. The Morgan fingerprint density at radius 3 is 2.27 bits per heavy atom. The quantitative estimate of drug-likeness (QED) is 0.731. The molecule has 0 N–H and O–H groups in total. The van der Waals surface area contributed by atoms with Gasteiger partial charge in [-0.3, -0.25) is 4.98 Å². The fraction of sp³-hybridized carbons (Fsp3) is 0.583. The van der Waals surface area contributed by atoms with Crippen molar-refractivity contribution < 1.29 is 0 Å². The van der Waals surface area contributed by atoms with Gasteiger partial charge in [-0.25, -0.2) is 0 Å². The highest BCUT2D eigenvalue weighted by molar-refractivity contribution is 9.10. The SMILES string of the molecule is Cc1cc(Br)cnc1C(C(C)C)C(C)Br. The van der Waals surface area contributed by atoms with Gasteiger partial charge >= 0.3 is 0 Å². The molecule has 0 saturated carbocycles. The summed E-state index contributed by atoms with van der Waals surface area (Å²) in [6.07, 6.45) is 1.88. The fourth-order valence-electron chi connectivity index (χ4n) is 1.96. The molecule has 84 valence electrons. The molecule has 2 atom stereocenters. The number of hydrogen-bond donors (Lipinski definition) is 0. The normalized spacial score (nSPS) is 15.4. The van der Waals surface area contributed by atoms with Gasteiger partial charge in [-0.15, -0.1) is 0 Å². The molecule has 1 heterocycles. The summed E-state index contributed by atoms with van der Waals surface area (Å²) in [6, 6.07) is 2.13. The number of aryl methyl sites for hydroxylation is 1. The maximum Gasteiger partial charge on any atom is 0.0478 e. The second kappa shape index (κ2) is 5.44. The number of rotatable bonds is 3. The fourth-order valence-corrected chi connectivity index (χ4v) is 3.27. The zero-order valence-corrected chi connectivity index (χ0v) is 12.8. The molecule has 1 nitrogen and oxygen atoms in total. The summed E-state index contributed by atoms with van der Waals surface area (Å²) >= 11 is 7.12. The standard InChI is InChI=1S/C12H17Br2N/c1-7(2)11(9(4)13)12-8(3)5-10(14)6-15-12/h5-7,9,11H,1-4H3. The van der Waals surface area contributed by atoms with E-state index in [2.05, 4.69) is 70.6 Å². The van der Waals surface area contributed by atoms with Crippen LogP contribution in [0.4, 0.5) is 0 Å². The van der Waals surface area contributed by atoms with Gasteiger partial charge in [-0.05, 0) is 40.4 Å². The van der Waals surface area contributed by atoms with Crippen LogP contribution in [-0.2, 0) is 0 Å². The Bertz CT molecular complexity index is 326. The third-order valence-electron chi connectivity index (χ3n) is 2.61. The van der Waals surface area contributed by atoms with E-state index in [0.717, 1.165) is 4.47 Å². The first kappa shape index (κ1) is 13.2. The second-order valence-electron chi connectivity index (χ2n) is 4.30. The lowest BCUT2D eigenvalue weighted by Crippen LogP contribution is -2.18. The zero-order chi connectivity index (χ0) is 11.6. The van der Waals surface area contributed by atoms with Gasteiger partial charge in [0.2, 0.25) is 0 Å². The molecule has 0 fully saturated rings. The summed E-state index contributed by atoms with van der Waals surface area (Å²) in [5, 5.41) is 0. The van der Waals surface area contributed by atoms with Gasteiger partial charge in [0.25, 0.3) is 0 Å². The van der Waals surface area contributed by atoms with Crippen LogP contribution < -0.4 is 0 Å². The highest BCUT2D eigenvalue weighted by Gasteiger charge is 2.23. The third kappa shape index (κ3) is 3.28. The zero-order valence-electron chi connectivity index (χ0n) is 9.59. The van der Waals surface area contributed by atoms with Crippen molar-refractivity contribution in [3.8, 4) is 0 Å². The summed E-state index contributed by atoms with van der Waals surface area (Å²) in [4.78, 5) is 4.99. The Hall–Kier alpha value is 0.110. The lowest BCUT2D eigenvalue weighted by atomic mass is 9.87. The molecular formula is C12H17Br2N. The topological polar surface area (TPSA) is 12.9 Å². The van der Waals surface area contributed by atoms with Crippen LogP contribution in [-0.4, -0.2) is 9.81 Å². The Kier molecular flexibility index (Phi) is 4.78. The molecule has 1 aromatic heterocycles. The van der Waals surface area contributed by atoms with Gasteiger partial charge in [0, 0.05) is 27.1 Å². The van der Waals surface area contributed by atoms with E-state index in [1.165, 1.54) is 11.3 Å². The van der Waals surface area contributed by atoms with Gasteiger partial charge in [-0.2, -0.15) is 0 Å². The van der Waals surface area contributed by atoms with Gasteiger partial charge in [0.1, 0.15) is 0 Å². The van der Waals surface area contributed by atoms with E-state index in [0.29, 0.717) is 16.7 Å². The molecule has 0 radical (unpaired) electrons. The van der Waals surface area contributed by atoms with E-state index in [9.17, 15) is 0 Å². The molecule has 1 aromatic rings. The summed E-state index contributed by atoms with van der Waals surface area (Å²) in [5.74, 6) is 1.06. The molecule has 0 spiro atoms. The minimum absolute atomic E-state index is 0.449. The molecule has 0 aliphatic rings. The van der Waals surface area contributed by atoms with Crippen LogP contribution in [0.3, 0.4) is 0 Å². The summed E-state index contributed by atoms with van der Waals surface area (Å²) in [7, 11) is 0. The molecule has 0 aliphatic heterocycles. The van der Waals surface area contributed by atoms with Crippen LogP contribution >= 0.6 is 31.9 Å². The maximum atomic E-state index is 4.54. The van der Waals surface area contributed by atoms with Crippen molar-refractivity contribution in [2.24, 2.45) is 5.92 Å². The summed E-state index contributed by atoms with van der Waals surface area (Å²) < 4.78 is 1.05. The predicted octanol–water partition coefficient (Wildman–Crippen LogP) is 4.68. The Morgan fingerprint density at radius 1 is 1.27 bits per heavy atom. The minimum Gasteiger partial charge on any atom is -0.260 e. The van der Waals surface area contributed by atoms with Crippen LogP contribution in [0.1, 0.15) is 37.9 Å². The van der Waals surface area contributed by atoms with Crippen molar-refractivity contribution >= 4 is 31.9 Å². The first-order chi connectivity index (χ1) is 6.93. The number of nitrogens with zero attached hydrogens (tertiary/aromatic N) is 1. The molecular weight excluding hydrogens is 318 g/mol. The lowest BCUT2D eigenvalue weighted by Gasteiger charge is -2.24. The van der Waals surface area contributed by atoms with Crippen LogP contribution in [0.25, 0.3) is 0 Å². The summed E-state index contributed by atoms with van der Waals surface area (Å²) in [6.45, 7) is 8.79. The molecule has 3 heteroatoms. The molecule has 0 aliphatic carbocycles. The largest absolute Gasteiger partial charge is 0.260 e. The molecule has 0 aromatic carbocycles. The Morgan fingerprint density at radius 2 is 1.87 bits per heavy atom. The number of alkyl halides is 1. The van der Waals surface area contributed by atoms with Crippen LogP contribution in [0.2, 0.25) is 0 Å². The number of aromatic nitrogens is 1. The molecule has 0 amide bonds. The summed E-state index contributed by atoms with van der Waals surface area (Å²) in [5.41, 5.74) is 2.46. The van der Waals surface area contributed by atoms with Gasteiger partial charge in [-0.1, -0.05) is 36.7 Å². The van der Waals surface area contributed by atoms with Gasteiger partial charge in [0.05, 0.1) is 0 Å². The second-order valence-corrected chi connectivity index (χ2v) is 6.66. The first-order valence-electron chi connectivity index (χ1n) is 5.19. The van der Waals surface area contributed by atoms with Crippen LogP contribution in [0.5, 0.6) is 0 Å². The monoisotopic (exact) mass is 333 g/mol. The van der Waals surface area contributed by atoms with Crippen LogP contribution in [0, 0.1) is 12.8 Å². The van der Waals surface area contributed by atoms with E-state index in [-0.39, 0.29) is 0 Å². The van der Waals surface area contributed by atoms with E-state index in [1.54, 1.807) is 0 Å². The number of pyridine rings is 1. The van der Waals surface area contributed by atoms with Crippen molar-refractivity contribution in [2.75, 3.05) is 0 Å². The molecule has 15 heavy (non-hydrogen) atoms.